The lowest BCUT2D eigenvalue weighted by Gasteiger charge is -2.22. The van der Waals surface area contributed by atoms with Crippen molar-refractivity contribution in [1.29, 1.82) is 0 Å². The molecule has 0 saturated carbocycles. The summed E-state index contributed by atoms with van der Waals surface area (Å²) in [4.78, 5) is 14.9. The number of hydrazone groups is 1. The highest BCUT2D eigenvalue weighted by molar-refractivity contribution is 5.83. The molecule has 1 aromatic rings. The third-order valence-electron chi connectivity index (χ3n) is 4.91. The number of hydrogen-bond donors (Lipinski definition) is 0. The molecule has 0 aromatic heterocycles. The first-order valence-corrected chi connectivity index (χ1v) is 8.96. The van der Waals surface area contributed by atoms with E-state index in [1.807, 2.05) is 53.3 Å². The molecule has 0 radical (unpaired) electrons. The van der Waals surface area contributed by atoms with E-state index in [1.54, 1.807) is 0 Å². The van der Waals surface area contributed by atoms with Gasteiger partial charge < -0.3 is 14.5 Å². The molecule has 0 amide bonds. The monoisotopic (exact) mass is 358 g/mol. The first kappa shape index (κ1) is 18.4. The minimum absolute atomic E-state index is 0.116. The Bertz CT molecular complexity index is 729. The van der Waals surface area contributed by atoms with Crippen LogP contribution in [-0.2, 0) is 4.74 Å². The first-order valence-electron chi connectivity index (χ1n) is 8.96. The summed E-state index contributed by atoms with van der Waals surface area (Å²) in [6.07, 6.45) is 4.82. The maximum Gasteiger partial charge on any atom is 0.278 e. The van der Waals surface area contributed by atoms with Gasteiger partial charge in [0.1, 0.15) is 5.10 Å². The minimum Gasteiger partial charge on any atom is -0.375 e. The molecule has 7 nitrogen and oxygen atoms in total. The molecule has 2 aliphatic heterocycles. The number of nitrogens with zero attached hydrogens (tertiary/aromatic N) is 4. The summed E-state index contributed by atoms with van der Waals surface area (Å²) < 4.78 is 5.80. The van der Waals surface area contributed by atoms with Crippen LogP contribution in [0.1, 0.15) is 31.4 Å². The summed E-state index contributed by atoms with van der Waals surface area (Å²) in [6.45, 7) is 9.04. The number of ether oxygens (including phenoxy) is 1. The van der Waals surface area contributed by atoms with Crippen LogP contribution in [0.4, 0.5) is 0 Å². The van der Waals surface area contributed by atoms with Gasteiger partial charge >= 0.3 is 0 Å². The Morgan fingerprint density at radius 1 is 1.38 bits per heavy atom. The van der Waals surface area contributed by atoms with Crippen molar-refractivity contribution in [3.63, 3.8) is 0 Å². The van der Waals surface area contributed by atoms with E-state index >= 15 is 0 Å². The molecular formula is C19H26N4O3. The summed E-state index contributed by atoms with van der Waals surface area (Å²) >= 11 is 0. The Morgan fingerprint density at radius 3 is 2.81 bits per heavy atom. The second-order valence-corrected chi connectivity index (χ2v) is 7.59. The zero-order valence-electron chi connectivity index (χ0n) is 15.6. The minimum atomic E-state index is -0.614. The van der Waals surface area contributed by atoms with Crippen LogP contribution in [0.15, 0.2) is 35.6 Å². The lowest BCUT2D eigenvalue weighted by molar-refractivity contribution is -0.486. The van der Waals surface area contributed by atoms with Gasteiger partial charge in [0.2, 0.25) is 0 Å². The van der Waals surface area contributed by atoms with Crippen LogP contribution in [-0.4, -0.2) is 52.6 Å². The molecule has 2 heterocycles. The molecule has 140 valence electrons. The molecule has 2 saturated heterocycles. The van der Waals surface area contributed by atoms with Crippen molar-refractivity contribution in [3.8, 4) is 0 Å². The van der Waals surface area contributed by atoms with Crippen LogP contribution in [0.2, 0.25) is 0 Å². The summed E-state index contributed by atoms with van der Waals surface area (Å²) in [5, 5.41) is 14.1. The summed E-state index contributed by atoms with van der Waals surface area (Å²) in [7, 11) is 0. The molecule has 0 bridgehead atoms. The highest BCUT2D eigenvalue weighted by Crippen LogP contribution is 2.30. The van der Waals surface area contributed by atoms with Gasteiger partial charge in [-0.1, -0.05) is 24.3 Å². The molecule has 0 aliphatic carbocycles. The smallest absolute Gasteiger partial charge is 0.278 e. The molecule has 26 heavy (non-hydrogen) atoms. The van der Waals surface area contributed by atoms with Crippen molar-refractivity contribution in [1.82, 2.24) is 9.80 Å². The highest BCUT2D eigenvalue weighted by Gasteiger charge is 2.36. The number of hydrogen-bond acceptors (Lipinski definition) is 3. The van der Waals surface area contributed by atoms with E-state index in [9.17, 15) is 10.1 Å². The summed E-state index contributed by atoms with van der Waals surface area (Å²) in [5.74, 6) is 0.770. The van der Waals surface area contributed by atoms with Crippen LogP contribution in [0.25, 0.3) is 6.08 Å². The standard InChI is InChI=1S/C19H26N4O3/c1-15-6-4-5-7-17(15)8-9-21-10-11-22(18(21)20-23(24)25)13-16-12-19(2,3)26-14-16/h4-9,16H,10-14H2,1-3H3. The Balaban J connectivity index is 1.73. The highest BCUT2D eigenvalue weighted by atomic mass is 16.7. The van der Waals surface area contributed by atoms with E-state index in [-0.39, 0.29) is 5.60 Å². The molecule has 1 atom stereocenters. The Morgan fingerprint density at radius 2 is 2.15 bits per heavy atom. The van der Waals surface area contributed by atoms with Crippen molar-refractivity contribution in [2.45, 2.75) is 32.8 Å². The van der Waals surface area contributed by atoms with Gasteiger partial charge in [0, 0.05) is 31.8 Å². The lowest BCUT2D eigenvalue weighted by Crippen LogP contribution is -2.35. The van der Waals surface area contributed by atoms with Crippen LogP contribution >= 0.6 is 0 Å². The fourth-order valence-electron chi connectivity index (χ4n) is 3.65. The molecule has 1 unspecified atom stereocenters. The quantitative estimate of drug-likeness (QED) is 0.598. The van der Waals surface area contributed by atoms with E-state index in [1.165, 1.54) is 0 Å². The van der Waals surface area contributed by atoms with Crippen LogP contribution < -0.4 is 0 Å². The predicted molar refractivity (Wildman–Crippen MR) is 101 cm³/mol. The molecule has 0 N–H and O–H groups in total. The van der Waals surface area contributed by atoms with Gasteiger partial charge in [-0.3, -0.25) is 0 Å². The Kier molecular flexibility index (Phi) is 5.27. The fourth-order valence-corrected chi connectivity index (χ4v) is 3.65. The van der Waals surface area contributed by atoms with Gasteiger partial charge in [-0.05, 0) is 44.4 Å². The summed E-state index contributed by atoms with van der Waals surface area (Å²) in [6, 6.07) is 8.05. The van der Waals surface area contributed by atoms with Gasteiger partial charge in [-0.2, -0.15) is 0 Å². The zero-order chi connectivity index (χ0) is 18.7. The van der Waals surface area contributed by atoms with Crippen molar-refractivity contribution in [2.24, 2.45) is 11.0 Å². The van der Waals surface area contributed by atoms with Gasteiger partial charge in [-0.25, -0.2) is 10.1 Å². The zero-order valence-corrected chi connectivity index (χ0v) is 15.6. The molecule has 1 aromatic carbocycles. The third kappa shape index (κ3) is 4.40. The predicted octanol–water partition coefficient (Wildman–Crippen LogP) is 2.95. The van der Waals surface area contributed by atoms with Crippen molar-refractivity contribution < 1.29 is 9.77 Å². The van der Waals surface area contributed by atoms with E-state index < -0.39 is 5.03 Å². The van der Waals surface area contributed by atoms with Crippen LogP contribution in [0.5, 0.6) is 0 Å². The summed E-state index contributed by atoms with van der Waals surface area (Å²) in [5.41, 5.74) is 2.14. The fraction of sp³-hybridized carbons (Fsp3) is 0.526. The largest absolute Gasteiger partial charge is 0.375 e. The second-order valence-electron chi connectivity index (χ2n) is 7.59. The maximum atomic E-state index is 11.0. The number of benzene rings is 1. The average Bonchev–Trinajstić information content (AvgIpc) is 3.10. The number of nitro groups is 1. The topological polar surface area (TPSA) is 71.2 Å². The number of rotatable bonds is 5. The van der Waals surface area contributed by atoms with Crippen molar-refractivity contribution >= 4 is 12.0 Å². The second kappa shape index (κ2) is 7.45. The first-order chi connectivity index (χ1) is 12.3. The van der Waals surface area contributed by atoms with Crippen LogP contribution in [0, 0.1) is 23.0 Å². The molecule has 3 rings (SSSR count). The van der Waals surface area contributed by atoms with Crippen molar-refractivity contribution in [3.05, 3.63) is 51.7 Å². The molecule has 2 fully saturated rings. The van der Waals surface area contributed by atoms with Crippen LogP contribution in [0.3, 0.4) is 0 Å². The SMILES string of the molecule is Cc1ccccc1C=CN1CCN(CC2COC(C)(C)C2)C1=N[N+](=O)[O-]. The average molecular weight is 358 g/mol. The lowest BCUT2D eigenvalue weighted by atomic mass is 9.97. The normalized spacial score (nSPS) is 24.1. The van der Waals surface area contributed by atoms with Gasteiger partial charge in [0.05, 0.1) is 12.2 Å². The van der Waals surface area contributed by atoms with Gasteiger partial charge in [-0.15, -0.1) is 0 Å². The molecule has 2 aliphatic rings. The van der Waals surface area contributed by atoms with E-state index in [4.69, 9.17) is 4.74 Å². The maximum absolute atomic E-state index is 11.0. The van der Waals surface area contributed by atoms with Gasteiger partial charge in [0.25, 0.3) is 5.96 Å². The number of guanidine groups is 1. The molecule has 7 heteroatoms. The van der Waals surface area contributed by atoms with E-state index in [0.29, 0.717) is 25.0 Å². The van der Waals surface area contributed by atoms with E-state index in [0.717, 1.165) is 30.6 Å². The molecular weight excluding hydrogens is 332 g/mol. The number of aryl methyl sites for hydroxylation is 1. The Labute approximate surface area is 154 Å². The molecule has 0 spiro atoms. The third-order valence-corrected chi connectivity index (χ3v) is 4.91. The van der Waals surface area contributed by atoms with Gasteiger partial charge in [0.15, 0.2) is 5.03 Å². The Hall–Kier alpha value is -2.41. The van der Waals surface area contributed by atoms with E-state index in [2.05, 4.69) is 18.9 Å². The van der Waals surface area contributed by atoms with Crippen molar-refractivity contribution in [2.75, 3.05) is 26.2 Å².